The van der Waals surface area contributed by atoms with E-state index in [1.165, 1.54) is 71.9 Å². The zero-order valence-electron chi connectivity index (χ0n) is 23.6. The van der Waals surface area contributed by atoms with Gasteiger partial charge in [0.1, 0.15) is 5.69 Å². The molecule has 2 heteroatoms. The second-order valence-corrected chi connectivity index (χ2v) is 11.4. The van der Waals surface area contributed by atoms with Crippen LogP contribution < -0.4 is 4.57 Å². The third-order valence-corrected chi connectivity index (χ3v) is 8.36. The van der Waals surface area contributed by atoms with Crippen LogP contribution in [0.3, 0.4) is 0 Å². The van der Waals surface area contributed by atoms with E-state index >= 15 is 0 Å². The molecule has 0 fully saturated rings. The van der Waals surface area contributed by atoms with E-state index in [1.54, 1.807) is 0 Å². The lowest BCUT2D eigenvalue weighted by molar-refractivity contribution is -0.633. The average molecular weight is 498 g/mol. The van der Waals surface area contributed by atoms with Crippen molar-refractivity contribution >= 4 is 32.6 Å². The summed E-state index contributed by atoms with van der Waals surface area (Å²) in [6.45, 7) is 13.8. The molecule has 38 heavy (non-hydrogen) atoms. The van der Waals surface area contributed by atoms with Crippen LogP contribution in [-0.4, -0.2) is 4.57 Å². The van der Waals surface area contributed by atoms with Crippen molar-refractivity contribution in [3.05, 3.63) is 107 Å². The van der Waals surface area contributed by atoms with Crippen LogP contribution in [0.2, 0.25) is 0 Å². The van der Waals surface area contributed by atoms with Gasteiger partial charge >= 0.3 is 0 Å². The molecule has 0 aliphatic heterocycles. The zero-order valence-corrected chi connectivity index (χ0v) is 23.6. The summed E-state index contributed by atoms with van der Waals surface area (Å²) in [6, 6.07) is 31.4. The molecule has 0 saturated carbocycles. The van der Waals surface area contributed by atoms with E-state index < -0.39 is 0 Å². The van der Waals surface area contributed by atoms with Crippen molar-refractivity contribution in [2.75, 3.05) is 0 Å². The largest absolute Gasteiger partial charge is 0.294 e. The lowest BCUT2D eigenvalue weighted by atomic mass is 9.91. The van der Waals surface area contributed by atoms with Crippen LogP contribution in [0.5, 0.6) is 0 Å². The number of rotatable bonds is 4. The van der Waals surface area contributed by atoms with E-state index in [2.05, 4.69) is 143 Å². The number of fused-ring (bicyclic) bond motifs is 6. The van der Waals surface area contributed by atoms with Gasteiger partial charge in [-0.1, -0.05) is 94.4 Å². The van der Waals surface area contributed by atoms with Crippen LogP contribution in [0.1, 0.15) is 61.8 Å². The number of aryl methyl sites for hydroxylation is 3. The van der Waals surface area contributed by atoms with Crippen molar-refractivity contribution in [2.45, 2.75) is 53.4 Å². The van der Waals surface area contributed by atoms with Gasteiger partial charge in [0.05, 0.1) is 12.6 Å². The highest BCUT2D eigenvalue weighted by Crippen LogP contribution is 2.42. The Hall–Kier alpha value is -3.91. The fourth-order valence-corrected chi connectivity index (χ4v) is 6.33. The van der Waals surface area contributed by atoms with Gasteiger partial charge in [0.15, 0.2) is 11.0 Å². The maximum absolute atomic E-state index is 2.60. The lowest BCUT2D eigenvalue weighted by Crippen LogP contribution is -2.30. The molecule has 0 unspecified atom stereocenters. The monoisotopic (exact) mass is 497 g/mol. The summed E-state index contributed by atoms with van der Waals surface area (Å²) in [7, 11) is 2.25. The number of nitrogens with zero attached hydrogens (tertiary/aromatic N) is 2. The Morgan fingerprint density at radius 1 is 0.632 bits per heavy atom. The second-order valence-electron chi connectivity index (χ2n) is 11.4. The molecule has 0 spiro atoms. The summed E-state index contributed by atoms with van der Waals surface area (Å²) in [5, 5.41) is 5.28. The van der Waals surface area contributed by atoms with Crippen LogP contribution in [0.25, 0.3) is 49.7 Å². The standard InChI is InChI=1S/C36H37N2/c1-22(2)27-18-13-19-28(23(3)4)33(27)38-34-31-17-12-11-16-29(31)30-21-20-24(5)25(6)32(30)35(34)37(7)36(38)26-14-9-8-10-15-26/h8-23H,1-7H3/q+1. The van der Waals surface area contributed by atoms with Crippen molar-refractivity contribution < 1.29 is 4.57 Å². The van der Waals surface area contributed by atoms with Gasteiger partial charge in [-0.25, -0.2) is 4.57 Å². The minimum absolute atomic E-state index is 0.394. The molecule has 0 bridgehead atoms. The molecular weight excluding hydrogens is 460 g/mol. The molecule has 0 N–H and O–H groups in total. The molecule has 6 rings (SSSR count). The average Bonchev–Trinajstić information content (AvgIpc) is 3.23. The Balaban J connectivity index is 1.99. The van der Waals surface area contributed by atoms with E-state index in [0.29, 0.717) is 11.8 Å². The van der Waals surface area contributed by atoms with Gasteiger partial charge < -0.3 is 0 Å². The second kappa shape index (κ2) is 9.13. The molecule has 1 heterocycles. The van der Waals surface area contributed by atoms with Gasteiger partial charge in [-0.2, -0.15) is 4.57 Å². The van der Waals surface area contributed by atoms with Crippen LogP contribution in [0.15, 0.2) is 84.9 Å². The van der Waals surface area contributed by atoms with Gasteiger partial charge in [0, 0.05) is 21.9 Å². The minimum Gasteiger partial charge on any atom is -0.225 e. The van der Waals surface area contributed by atoms with Crippen LogP contribution in [0, 0.1) is 13.8 Å². The van der Waals surface area contributed by atoms with Crippen molar-refractivity contribution in [1.29, 1.82) is 0 Å². The number of hydrogen-bond acceptors (Lipinski definition) is 0. The quantitative estimate of drug-likeness (QED) is 0.169. The van der Waals surface area contributed by atoms with Gasteiger partial charge in [0.2, 0.25) is 0 Å². The maximum atomic E-state index is 2.60. The maximum Gasteiger partial charge on any atom is 0.294 e. The van der Waals surface area contributed by atoms with Crippen LogP contribution >= 0.6 is 0 Å². The van der Waals surface area contributed by atoms with Crippen LogP contribution in [-0.2, 0) is 7.05 Å². The van der Waals surface area contributed by atoms with E-state index in [-0.39, 0.29) is 0 Å². The highest BCUT2D eigenvalue weighted by molar-refractivity contribution is 6.24. The number of hydrogen-bond donors (Lipinski definition) is 0. The first-order valence-electron chi connectivity index (χ1n) is 13.8. The molecular formula is C36H37N2+. The molecule has 0 aliphatic rings. The predicted molar refractivity (Wildman–Crippen MR) is 163 cm³/mol. The Morgan fingerprint density at radius 2 is 1.24 bits per heavy atom. The predicted octanol–water partition coefficient (Wildman–Crippen LogP) is 9.29. The SMILES string of the molecule is Cc1ccc2c3ccccc3c3c(c2c1C)[n+](C)c(-c1ccccc1)n3-c1c(C(C)C)cccc1C(C)C. The Labute approximate surface area is 226 Å². The number of imidazole rings is 1. The van der Waals surface area contributed by atoms with Crippen molar-refractivity contribution in [3.63, 3.8) is 0 Å². The van der Waals surface area contributed by atoms with Crippen molar-refractivity contribution in [2.24, 2.45) is 7.05 Å². The molecule has 6 aromatic rings. The zero-order chi connectivity index (χ0) is 26.7. The molecule has 5 aromatic carbocycles. The topological polar surface area (TPSA) is 8.81 Å². The van der Waals surface area contributed by atoms with Gasteiger partial charge in [-0.15, -0.1) is 0 Å². The third-order valence-electron chi connectivity index (χ3n) is 8.36. The van der Waals surface area contributed by atoms with Crippen molar-refractivity contribution in [1.82, 2.24) is 4.57 Å². The van der Waals surface area contributed by atoms with E-state index in [9.17, 15) is 0 Å². The Kier molecular flexibility index (Phi) is 5.87. The van der Waals surface area contributed by atoms with Gasteiger partial charge in [-0.05, 0) is 65.8 Å². The van der Waals surface area contributed by atoms with Crippen LogP contribution in [0.4, 0.5) is 0 Å². The molecule has 0 radical (unpaired) electrons. The van der Waals surface area contributed by atoms with Gasteiger partial charge in [-0.3, -0.25) is 0 Å². The smallest absolute Gasteiger partial charge is 0.225 e. The fourth-order valence-electron chi connectivity index (χ4n) is 6.33. The lowest BCUT2D eigenvalue weighted by Gasteiger charge is -2.18. The Bertz CT molecular complexity index is 1810. The van der Waals surface area contributed by atoms with E-state index in [1.807, 2.05) is 0 Å². The molecule has 190 valence electrons. The molecule has 0 aliphatic carbocycles. The molecule has 1 aromatic heterocycles. The molecule has 2 nitrogen and oxygen atoms in total. The highest BCUT2D eigenvalue weighted by atomic mass is 15.2. The first-order chi connectivity index (χ1) is 18.3. The number of para-hydroxylation sites is 1. The van der Waals surface area contributed by atoms with E-state index in [4.69, 9.17) is 0 Å². The first kappa shape index (κ1) is 24.4. The summed E-state index contributed by atoms with van der Waals surface area (Å²) in [6.07, 6.45) is 0. The van der Waals surface area contributed by atoms with Gasteiger partial charge in [0.25, 0.3) is 5.82 Å². The molecule has 0 amide bonds. The summed E-state index contributed by atoms with van der Waals surface area (Å²) >= 11 is 0. The minimum atomic E-state index is 0.394. The third kappa shape index (κ3) is 3.50. The molecule has 0 saturated heterocycles. The normalized spacial score (nSPS) is 12.0. The molecule has 0 atom stereocenters. The first-order valence-corrected chi connectivity index (χ1v) is 13.8. The number of benzene rings is 5. The fraction of sp³-hybridized carbons (Fsp3) is 0.250. The summed E-state index contributed by atoms with van der Waals surface area (Å²) in [5.41, 5.74) is 10.6. The highest BCUT2D eigenvalue weighted by Gasteiger charge is 2.33. The van der Waals surface area contributed by atoms with E-state index in [0.717, 1.165) is 0 Å². The summed E-state index contributed by atoms with van der Waals surface area (Å²) < 4.78 is 5.05. The number of aromatic nitrogens is 2. The summed E-state index contributed by atoms with van der Waals surface area (Å²) in [4.78, 5) is 0. The Morgan fingerprint density at radius 3 is 1.87 bits per heavy atom. The van der Waals surface area contributed by atoms with Crippen molar-refractivity contribution in [3.8, 4) is 17.1 Å². The summed E-state index contributed by atoms with van der Waals surface area (Å²) in [5.74, 6) is 2.01.